The van der Waals surface area contributed by atoms with E-state index in [2.05, 4.69) is 20.9 Å². The Hall–Kier alpha value is -1.69. The normalized spacial score (nSPS) is 30.2. The van der Waals surface area contributed by atoms with Crippen molar-refractivity contribution in [2.24, 2.45) is 4.99 Å². The molecule has 2 heterocycles. The highest BCUT2D eigenvalue weighted by molar-refractivity contribution is 9.10. The minimum absolute atomic E-state index is 0.452. The number of para-hydroxylation sites is 1. The zero-order chi connectivity index (χ0) is 15.3. The lowest BCUT2D eigenvalue weighted by atomic mass is 9.77. The highest BCUT2D eigenvalue weighted by Gasteiger charge is 2.59. The van der Waals surface area contributed by atoms with Gasteiger partial charge in [-0.2, -0.15) is 0 Å². The quantitative estimate of drug-likeness (QED) is 0.466. The fourth-order valence-corrected chi connectivity index (χ4v) is 4.18. The number of esters is 1. The highest BCUT2D eigenvalue weighted by Crippen LogP contribution is 2.52. The van der Waals surface area contributed by atoms with Crippen LogP contribution in [0.2, 0.25) is 0 Å². The highest BCUT2D eigenvalue weighted by atomic mass is 79.9. The molecule has 3 rings (SSSR count). The molecule has 0 aromatic heterocycles. The van der Waals surface area contributed by atoms with Crippen molar-refractivity contribution in [3.63, 3.8) is 0 Å². The minimum atomic E-state index is -1.20. The summed E-state index contributed by atoms with van der Waals surface area (Å²) >= 11 is 3.77. The third kappa shape index (κ3) is 1.71. The number of halogens is 1. The number of carbonyl (C=O) groups is 2. The van der Waals surface area contributed by atoms with Crippen molar-refractivity contribution in [1.29, 1.82) is 0 Å². The Morgan fingerprint density at radius 3 is 2.86 bits per heavy atom. The Morgan fingerprint density at radius 1 is 1.48 bits per heavy atom. The fourth-order valence-electron chi connectivity index (χ4n) is 3.20. The van der Waals surface area contributed by atoms with Crippen molar-refractivity contribution >= 4 is 39.7 Å². The molecule has 0 aliphatic carbocycles. The number of carbonyl (C=O) groups excluding carboxylic acids is 2. The Bertz CT molecular complexity index is 660. The molecule has 1 amide bonds. The maximum atomic E-state index is 12.4. The average molecular weight is 351 g/mol. The van der Waals surface area contributed by atoms with Gasteiger partial charge in [-0.3, -0.25) is 9.79 Å². The van der Waals surface area contributed by atoms with Crippen molar-refractivity contribution in [3.05, 3.63) is 29.8 Å². The molecule has 6 heteroatoms. The zero-order valence-corrected chi connectivity index (χ0v) is 13.4. The third-order valence-corrected chi connectivity index (χ3v) is 5.58. The first-order chi connectivity index (χ1) is 9.98. The van der Waals surface area contributed by atoms with E-state index in [4.69, 9.17) is 4.74 Å². The van der Waals surface area contributed by atoms with Crippen LogP contribution in [0.5, 0.6) is 0 Å². The van der Waals surface area contributed by atoms with Crippen LogP contribution in [0.1, 0.15) is 18.9 Å². The van der Waals surface area contributed by atoms with Crippen LogP contribution in [0.15, 0.2) is 29.3 Å². The van der Waals surface area contributed by atoms with E-state index in [1.807, 2.05) is 24.3 Å². The summed E-state index contributed by atoms with van der Waals surface area (Å²) < 4.78 is 4.41. The van der Waals surface area contributed by atoms with E-state index in [1.165, 1.54) is 12.0 Å². The van der Waals surface area contributed by atoms with Crippen molar-refractivity contribution < 1.29 is 14.3 Å². The van der Waals surface area contributed by atoms with E-state index in [9.17, 15) is 9.59 Å². The molecule has 2 aliphatic rings. The second-order valence-corrected chi connectivity index (χ2v) is 6.75. The second-order valence-electron chi connectivity index (χ2n) is 5.39. The number of likely N-dealkylation sites (tertiary alicyclic amines) is 1. The van der Waals surface area contributed by atoms with Crippen LogP contribution in [0.3, 0.4) is 0 Å². The van der Waals surface area contributed by atoms with Crippen LogP contribution < -0.4 is 0 Å². The number of alkyl halides is 1. The summed E-state index contributed by atoms with van der Waals surface area (Å²) in [5, 5.41) is 0. The number of piperidine rings is 1. The Balaban J connectivity index is 2.21. The topological polar surface area (TPSA) is 59.0 Å². The van der Waals surface area contributed by atoms with Crippen LogP contribution in [0.25, 0.3) is 0 Å². The number of ether oxygens (including phenoxy) is 1. The van der Waals surface area contributed by atoms with Crippen molar-refractivity contribution in [3.8, 4) is 0 Å². The Morgan fingerprint density at radius 2 is 2.19 bits per heavy atom. The first kappa shape index (κ1) is 14.3. The number of fused-ring (bicyclic) bond motifs is 3. The van der Waals surface area contributed by atoms with Gasteiger partial charge in [0.1, 0.15) is 0 Å². The SMILES string of the molecule is COC(=O)C1(C)C2=Nc3ccccc3C2(Br)CCN1C=O. The lowest BCUT2D eigenvalue weighted by Gasteiger charge is -2.46. The van der Waals surface area contributed by atoms with E-state index in [1.54, 1.807) is 6.92 Å². The predicted molar refractivity (Wildman–Crippen MR) is 82.0 cm³/mol. The van der Waals surface area contributed by atoms with Gasteiger partial charge >= 0.3 is 5.97 Å². The van der Waals surface area contributed by atoms with Crippen LogP contribution >= 0.6 is 15.9 Å². The van der Waals surface area contributed by atoms with Crippen molar-refractivity contribution in [2.45, 2.75) is 23.2 Å². The van der Waals surface area contributed by atoms with Gasteiger partial charge in [-0.05, 0) is 19.4 Å². The summed E-state index contributed by atoms with van der Waals surface area (Å²) in [6, 6.07) is 7.76. The number of hydrogen-bond donors (Lipinski definition) is 0. The number of hydrogen-bond acceptors (Lipinski definition) is 4. The number of aliphatic imine (C=N–C) groups is 1. The molecule has 2 aliphatic heterocycles. The first-order valence-corrected chi connectivity index (χ1v) is 7.46. The van der Waals surface area contributed by atoms with Crippen molar-refractivity contribution in [2.75, 3.05) is 13.7 Å². The van der Waals surface area contributed by atoms with Gasteiger partial charge in [0.2, 0.25) is 6.41 Å². The van der Waals surface area contributed by atoms with Crippen LogP contribution in [-0.2, 0) is 18.7 Å². The zero-order valence-electron chi connectivity index (χ0n) is 11.8. The predicted octanol–water partition coefficient (Wildman–Crippen LogP) is 2.16. The lowest BCUT2D eigenvalue weighted by Crippen LogP contribution is -2.65. The molecule has 1 aromatic rings. The van der Waals surface area contributed by atoms with E-state index in [0.29, 0.717) is 25.1 Å². The second kappa shape index (κ2) is 4.66. The molecule has 110 valence electrons. The summed E-state index contributed by atoms with van der Waals surface area (Å²) in [5.74, 6) is -0.482. The molecule has 1 saturated heterocycles. The number of benzene rings is 1. The Kier molecular flexibility index (Phi) is 3.16. The molecule has 0 bridgehead atoms. The number of rotatable bonds is 2. The van der Waals surface area contributed by atoms with Gasteiger partial charge in [-0.25, -0.2) is 4.79 Å². The smallest absolute Gasteiger partial charge is 0.337 e. The van der Waals surface area contributed by atoms with E-state index < -0.39 is 15.8 Å². The lowest BCUT2D eigenvalue weighted by molar-refractivity contribution is -0.153. The van der Waals surface area contributed by atoms with E-state index >= 15 is 0 Å². The molecule has 0 saturated carbocycles. The van der Waals surface area contributed by atoms with Gasteiger partial charge in [0.25, 0.3) is 0 Å². The maximum absolute atomic E-state index is 12.4. The summed E-state index contributed by atoms with van der Waals surface area (Å²) in [5.41, 5.74) is 1.27. The first-order valence-electron chi connectivity index (χ1n) is 6.67. The molecule has 0 radical (unpaired) electrons. The molecule has 1 fully saturated rings. The number of methoxy groups -OCH3 is 1. The minimum Gasteiger partial charge on any atom is -0.467 e. The molecule has 5 nitrogen and oxygen atoms in total. The fraction of sp³-hybridized carbons (Fsp3) is 0.400. The Labute approximate surface area is 131 Å². The molecule has 0 N–H and O–H groups in total. The van der Waals surface area contributed by atoms with Gasteiger partial charge in [0.05, 0.1) is 22.8 Å². The largest absolute Gasteiger partial charge is 0.467 e. The molecule has 1 aromatic carbocycles. The van der Waals surface area contributed by atoms with E-state index in [-0.39, 0.29) is 0 Å². The number of nitrogens with zero attached hydrogens (tertiary/aromatic N) is 2. The van der Waals surface area contributed by atoms with Gasteiger partial charge in [-0.1, -0.05) is 34.1 Å². The summed E-state index contributed by atoms with van der Waals surface area (Å²) in [6.07, 6.45) is 1.35. The van der Waals surface area contributed by atoms with Gasteiger partial charge < -0.3 is 9.64 Å². The molecular formula is C15H15BrN2O3. The van der Waals surface area contributed by atoms with Gasteiger partial charge in [-0.15, -0.1) is 0 Å². The number of amides is 1. The summed E-state index contributed by atoms with van der Waals surface area (Å²) in [6.45, 7) is 2.14. The van der Waals surface area contributed by atoms with Gasteiger partial charge in [0, 0.05) is 12.1 Å². The van der Waals surface area contributed by atoms with E-state index in [0.717, 1.165) is 11.3 Å². The van der Waals surface area contributed by atoms with Crippen LogP contribution in [-0.4, -0.2) is 42.2 Å². The standard InChI is InChI=1S/C15H15BrN2O3/c1-14(13(20)21-2)12-15(16,7-8-18(14)9-19)10-5-3-4-6-11(10)17-12/h3-6,9H,7-8H2,1-2H3. The molecule has 21 heavy (non-hydrogen) atoms. The molecule has 2 unspecified atom stereocenters. The summed E-state index contributed by atoms with van der Waals surface area (Å²) in [7, 11) is 1.32. The molecular weight excluding hydrogens is 336 g/mol. The average Bonchev–Trinajstić information content (AvgIpc) is 2.81. The molecule has 0 spiro atoms. The molecule has 2 atom stereocenters. The third-order valence-electron chi connectivity index (χ3n) is 4.38. The summed E-state index contributed by atoms with van der Waals surface area (Å²) in [4.78, 5) is 29.9. The monoisotopic (exact) mass is 350 g/mol. The van der Waals surface area contributed by atoms with Gasteiger partial charge in [0.15, 0.2) is 5.54 Å². The van der Waals surface area contributed by atoms with Crippen molar-refractivity contribution in [1.82, 2.24) is 4.90 Å². The maximum Gasteiger partial charge on any atom is 0.337 e. The van der Waals surface area contributed by atoms with Crippen LogP contribution in [0, 0.1) is 0 Å². The van der Waals surface area contributed by atoms with Crippen LogP contribution in [0.4, 0.5) is 5.69 Å².